The molecular weight excluding hydrogens is 364 g/mol. The lowest BCUT2D eigenvalue weighted by atomic mass is 9.94. The van der Waals surface area contributed by atoms with Gasteiger partial charge in [-0.05, 0) is 55.6 Å². The highest BCUT2D eigenvalue weighted by Crippen LogP contribution is 2.31. The lowest BCUT2D eigenvalue weighted by Gasteiger charge is -2.22. The number of nitrogens with one attached hydrogen (secondary N) is 1. The van der Waals surface area contributed by atoms with Crippen LogP contribution in [0.15, 0.2) is 30.6 Å². The normalized spacial score (nSPS) is 23.2. The van der Waals surface area contributed by atoms with Gasteiger partial charge in [-0.15, -0.1) is 0 Å². The van der Waals surface area contributed by atoms with Gasteiger partial charge in [-0.1, -0.05) is 0 Å². The molecule has 2 atom stereocenters. The number of anilines is 1. The molecule has 2 saturated heterocycles. The van der Waals surface area contributed by atoms with Crippen molar-refractivity contribution in [3.05, 3.63) is 47.8 Å². The summed E-state index contributed by atoms with van der Waals surface area (Å²) >= 11 is 0. The van der Waals surface area contributed by atoms with Gasteiger partial charge in [0.05, 0.1) is 19.0 Å². The van der Waals surface area contributed by atoms with Crippen molar-refractivity contribution in [1.82, 2.24) is 15.3 Å². The van der Waals surface area contributed by atoms with Gasteiger partial charge in [0, 0.05) is 25.0 Å². The van der Waals surface area contributed by atoms with Gasteiger partial charge in [-0.3, -0.25) is 0 Å². The summed E-state index contributed by atoms with van der Waals surface area (Å²) in [7, 11) is 0. The highest BCUT2D eigenvalue weighted by molar-refractivity contribution is 5.38. The highest BCUT2D eigenvalue weighted by atomic mass is 19.1. The number of nitrogens with zero attached hydrogens (tertiary/aromatic N) is 3. The highest BCUT2D eigenvalue weighted by Gasteiger charge is 2.34. The maximum Gasteiger partial charge on any atom is 0.225 e. The third kappa shape index (κ3) is 4.23. The third-order valence-corrected chi connectivity index (χ3v) is 5.56. The van der Waals surface area contributed by atoms with E-state index < -0.39 is 11.6 Å². The molecule has 2 aromatic rings. The Morgan fingerprint density at radius 3 is 2.64 bits per heavy atom. The molecule has 28 heavy (non-hydrogen) atoms. The van der Waals surface area contributed by atoms with E-state index in [0.29, 0.717) is 42.9 Å². The average molecular weight is 389 g/mol. The van der Waals surface area contributed by atoms with E-state index in [1.165, 1.54) is 6.07 Å². The second-order valence-electron chi connectivity index (χ2n) is 7.56. The first-order valence-electron chi connectivity index (χ1n) is 9.71. The summed E-state index contributed by atoms with van der Waals surface area (Å²) in [5.41, 5.74) is 6.50. The second-order valence-corrected chi connectivity index (χ2v) is 7.56. The van der Waals surface area contributed by atoms with Crippen molar-refractivity contribution >= 4 is 5.95 Å². The molecule has 0 radical (unpaired) electrons. The Bertz CT molecular complexity index is 798. The minimum absolute atomic E-state index is 0.303. The summed E-state index contributed by atoms with van der Waals surface area (Å²) in [4.78, 5) is 10.7. The van der Waals surface area contributed by atoms with Crippen LogP contribution in [-0.4, -0.2) is 48.8 Å². The van der Waals surface area contributed by atoms with Crippen LogP contribution in [0.25, 0.3) is 0 Å². The molecule has 1 aromatic carbocycles. The number of hydrogen-bond acceptors (Lipinski definition) is 6. The van der Waals surface area contributed by atoms with Crippen LogP contribution < -0.4 is 20.7 Å². The third-order valence-electron chi connectivity index (χ3n) is 5.56. The fourth-order valence-corrected chi connectivity index (χ4v) is 3.93. The van der Waals surface area contributed by atoms with Gasteiger partial charge in [0.1, 0.15) is 11.6 Å². The maximum atomic E-state index is 14.1. The monoisotopic (exact) mass is 389 g/mol. The Morgan fingerprint density at radius 2 is 1.89 bits per heavy atom. The molecule has 0 bridgehead atoms. The Labute approximate surface area is 163 Å². The summed E-state index contributed by atoms with van der Waals surface area (Å²) < 4.78 is 33.5. The summed E-state index contributed by atoms with van der Waals surface area (Å²) in [6, 6.07) is 3.16. The fourth-order valence-electron chi connectivity index (χ4n) is 3.93. The number of ether oxygens (including phenoxy) is 1. The molecule has 0 saturated carbocycles. The largest absolute Gasteiger partial charge is 0.490 e. The van der Waals surface area contributed by atoms with Crippen LogP contribution >= 0.6 is 0 Å². The van der Waals surface area contributed by atoms with Crippen LogP contribution in [0.5, 0.6) is 5.75 Å². The molecule has 2 aliphatic rings. The molecular formula is C20H25F2N5O. The van der Waals surface area contributed by atoms with Crippen molar-refractivity contribution in [2.75, 3.05) is 37.7 Å². The van der Waals surface area contributed by atoms with Gasteiger partial charge in [0.2, 0.25) is 5.95 Å². The first kappa shape index (κ1) is 19.0. The van der Waals surface area contributed by atoms with E-state index in [-0.39, 0.29) is 12.0 Å². The average Bonchev–Trinajstić information content (AvgIpc) is 3.11. The zero-order chi connectivity index (χ0) is 19.5. The van der Waals surface area contributed by atoms with Crippen LogP contribution in [0.1, 0.15) is 24.3 Å². The second kappa shape index (κ2) is 8.36. The van der Waals surface area contributed by atoms with Crippen LogP contribution in [0, 0.1) is 17.6 Å². The number of nitrogens with two attached hydrogens (primary N) is 1. The molecule has 1 aromatic heterocycles. The molecule has 3 N–H and O–H groups in total. The number of halogens is 2. The smallest absolute Gasteiger partial charge is 0.225 e. The first-order chi connectivity index (χ1) is 13.6. The molecule has 3 heterocycles. The fraction of sp³-hybridized carbons (Fsp3) is 0.500. The SMILES string of the molecule is N[C@H]1CN(c2ncc(OCC3CCNCC3)cn2)C[C@@H]1c1cc(F)ccc1F. The Kier molecular flexibility index (Phi) is 5.68. The van der Waals surface area contributed by atoms with Crippen LogP contribution in [0.2, 0.25) is 0 Å². The van der Waals surface area contributed by atoms with Crippen LogP contribution in [0.3, 0.4) is 0 Å². The van der Waals surface area contributed by atoms with Gasteiger partial charge >= 0.3 is 0 Å². The molecule has 0 amide bonds. The molecule has 2 aliphatic heterocycles. The molecule has 6 nitrogen and oxygen atoms in total. The lowest BCUT2D eigenvalue weighted by Crippen LogP contribution is -2.30. The standard InChI is InChI=1S/C20H25F2N5O/c21-14-1-2-18(22)16(7-14)17-10-27(11-19(17)23)20-25-8-15(9-26-20)28-12-13-3-5-24-6-4-13/h1-2,7-9,13,17,19,24H,3-6,10-12,23H2/t17-,19+/m1/s1. The number of hydrogen-bond donors (Lipinski definition) is 2. The zero-order valence-corrected chi connectivity index (χ0v) is 15.7. The van der Waals surface area contributed by atoms with Crippen molar-refractivity contribution in [2.24, 2.45) is 11.7 Å². The van der Waals surface area contributed by atoms with Crippen molar-refractivity contribution < 1.29 is 13.5 Å². The van der Waals surface area contributed by atoms with E-state index in [1.54, 1.807) is 12.4 Å². The molecule has 8 heteroatoms. The van der Waals surface area contributed by atoms with Crippen molar-refractivity contribution in [1.29, 1.82) is 0 Å². The minimum Gasteiger partial charge on any atom is -0.490 e. The maximum absolute atomic E-state index is 14.1. The first-order valence-corrected chi connectivity index (χ1v) is 9.71. The van der Waals surface area contributed by atoms with Crippen LogP contribution in [-0.2, 0) is 0 Å². The van der Waals surface area contributed by atoms with Gasteiger partial charge in [0.15, 0.2) is 5.75 Å². The van der Waals surface area contributed by atoms with E-state index in [4.69, 9.17) is 10.5 Å². The number of rotatable bonds is 5. The number of piperidine rings is 1. The van der Waals surface area contributed by atoms with E-state index in [9.17, 15) is 8.78 Å². The quantitative estimate of drug-likeness (QED) is 0.815. The molecule has 0 spiro atoms. The molecule has 150 valence electrons. The number of aromatic nitrogens is 2. The van der Waals surface area contributed by atoms with Crippen LogP contribution in [0.4, 0.5) is 14.7 Å². The minimum atomic E-state index is -0.464. The predicted octanol–water partition coefficient (Wildman–Crippen LogP) is 2.06. The van der Waals surface area contributed by atoms with Gasteiger partial charge in [0.25, 0.3) is 0 Å². The topological polar surface area (TPSA) is 76.3 Å². The number of benzene rings is 1. The molecule has 4 rings (SSSR count). The van der Waals surface area contributed by atoms with Crippen molar-refractivity contribution in [2.45, 2.75) is 24.8 Å². The Morgan fingerprint density at radius 1 is 1.14 bits per heavy atom. The molecule has 2 fully saturated rings. The summed E-state index contributed by atoms with van der Waals surface area (Å²) in [6.45, 7) is 3.66. The van der Waals surface area contributed by atoms with Gasteiger partial charge < -0.3 is 20.7 Å². The Balaban J connectivity index is 1.38. The molecule has 0 unspecified atom stereocenters. The van der Waals surface area contributed by atoms with Gasteiger partial charge in [-0.25, -0.2) is 18.7 Å². The summed E-state index contributed by atoms with van der Waals surface area (Å²) in [6.07, 6.45) is 5.54. The van der Waals surface area contributed by atoms with E-state index in [0.717, 1.165) is 38.1 Å². The zero-order valence-electron chi connectivity index (χ0n) is 15.7. The predicted molar refractivity (Wildman–Crippen MR) is 102 cm³/mol. The summed E-state index contributed by atoms with van der Waals surface area (Å²) in [5, 5.41) is 3.34. The van der Waals surface area contributed by atoms with Crippen molar-refractivity contribution in [3.63, 3.8) is 0 Å². The van der Waals surface area contributed by atoms with E-state index in [1.807, 2.05) is 4.90 Å². The van der Waals surface area contributed by atoms with E-state index >= 15 is 0 Å². The van der Waals surface area contributed by atoms with Crippen molar-refractivity contribution in [3.8, 4) is 5.75 Å². The summed E-state index contributed by atoms with van der Waals surface area (Å²) in [5.74, 6) is 0.497. The Hall–Kier alpha value is -2.32. The van der Waals surface area contributed by atoms with E-state index in [2.05, 4.69) is 15.3 Å². The lowest BCUT2D eigenvalue weighted by molar-refractivity contribution is 0.214. The molecule has 0 aliphatic carbocycles. The van der Waals surface area contributed by atoms with Gasteiger partial charge in [-0.2, -0.15) is 0 Å².